The lowest BCUT2D eigenvalue weighted by Gasteiger charge is -2.10. The van der Waals surface area contributed by atoms with E-state index in [1.807, 2.05) is 0 Å². The van der Waals surface area contributed by atoms with Gasteiger partial charge >= 0.3 is 6.18 Å². The second-order valence-corrected chi connectivity index (χ2v) is 3.94. The number of aromatic nitrogens is 1. The Kier molecular flexibility index (Phi) is 3.43. The molecule has 6 heteroatoms. The van der Waals surface area contributed by atoms with E-state index >= 15 is 0 Å². The van der Waals surface area contributed by atoms with Crippen molar-refractivity contribution < 1.29 is 13.2 Å². The molecule has 0 saturated heterocycles. The highest BCUT2D eigenvalue weighted by Crippen LogP contribution is 2.32. The molecule has 18 heavy (non-hydrogen) atoms. The molecule has 0 bridgehead atoms. The van der Waals surface area contributed by atoms with Crippen LogP contribution in [0.25, 0.3) is 0 Å². The molecule has 0 fully saturated rings. The number of alkyl halides is 3. The maximum Gasteiger partial charge on any atom is 0.416 e. The summed E-state index contributed by atoms with van der Waals surface area (Å²) in [4.78, 5) is 3.80. The summed E-state index contributed by atoms with van der Waals surface area (Å²) < 4.78 is 37.7. The van der Waals surface area contributed by atoms with Crippen LogP contribution >= 0.6 is 11.6 Å². The Morgan fingerprint density at radius 1 is 1.06 bits per heavy atom. The molecule has 94 valence electrons. The molecular weight excluding hydrogens is 265 g/mol. The van der Waals surface area contributed by atoms with E-state index in [1.54, 1.807) is 30.3 Å². The largest absolute Gasteiger partial charge is 0.416 e. The summed E-state index contributed by atoms with van der Waals surface area (Å²) >= 11 is 5.57. The first-order valence-corrected chi connectivity index (χ1v) is 5.40. The summed E-state index contributed by atoms with van der Waals surface area (Å²) in [5.41, 5.74) is -0.193. The van der Waals surface area contributed by atoms with Gasteiger partial charge in [0.15, 0.2) is 0 Å². The molecule has 0 amide bonds. The summed E-state index contributed by atoms with van der Waals surface area (Å²) in [6, 6.07) is 10.5. The molecular formula is C12H8ClF3N2. The molecule has 0 aliphatic rings. The van der Waals surface area contributed by atoms with Gasteiger partial charge in [0.25, 0.3) is 0 Å². The van der Waals surface area contributed by atoms with E-state index in [1.165, 1.54) is 0 Å². The van der Waals surface area contributed by atoms with Crippen LogP contribution in [-0.2, 0) is 6.18 Å². The van der Waals surface area contributed by atoms with E-state index in [2.05, 4.69) is 10.3 Å². The van der Waals surface area contributed by atoms with Gasteiger partial charge in [0.1, 0.15) is 11.0 Å². The molecule has 1 aromatic carbocycles. The molecule has 0 spiro atoms. The molecule has 2 rings (SSSR count). The van der Waals surface area contributed by atoms with Crippen molar-refractivity contribution in [3.8, 4) is 0 Å². The van der Waals surface area contributed by atoms with E-state index in [-0.39, 0.29) is 11.0 Å². The van der Waals surface area contributed by atoms with Crippen molar-refractivity contribution in [2.75, 3.05) is 5.32 Å². The Bertz CT molecular complexity index is 541. The van der Waals surface area contributed by atoms with Crippen molar-refractivity contribution in [1.29, 1.82) is 0 Å². The lowest BCUT2D eigenvalue weighted by atomic mass is 10.2. The van der Waals surface area contributed by atoms with Crippen LogP contribution in [0.2, 0.25) is 5.15 Å². The van der Waals surface area contributed by atoms with E-state index in [4.69, 9.17) is 11.6 Å². The van der Waals surface area contributed by atoms with Gasteiger partial charge < -0.3 is 5.32 Å². The molecule has 0 saturated carbocycles. The zero-order valence-corrected chi connectivity index (χ0v) is 9.76. The Morgan fingerprint density at radius 2 is 1.72 bits per heavy atom. The van der Waals surface area contributed by atoms with Crippen molar-refractivity contribution in [3.63, 3.8) is 0 Å². The first-order chi connectivity index (χ1) is 8.45. The fourth-order valence-electron chi connectivity index (χ4n) is 1.39. The molecule has 2 nitrogen and oxygen atoms in total. The number of benzene rings is 1. The van der Waals surface area contributed by atoms with Gasteiger partial charge in [-0.15, -0.1) is 0 Å². The Morgan fingerprint density at radius 3 is 2.33 bits per heavy atom. The Labute approximate surface area is 106 Å². The van der Waals surface area contributed by atoms with E-state index in [9.17, 15) is 13.2 Å². The lowest BCUT2D eigenvalue weighted by molar-refractivity contribution is -0.137. The average Bonchev–Trinajstić information content (AvgIpc) is 2.28. The molecule has 1 aromatic heterocycles. The highest BCUT2D eigenvalue weighted by molar-refractivity contribution is 6.29. The molecule has 2 aromatic rings. The van der Waals surface area contributed by atoms with Crippen LogP contribution in [-0.4, -0.2) is 4.98 Å². The minimum atomic E-state index is -4.44. The number of halogens is 4. The van der Waals surface area contributed by atoms with Gasteiger partial charge in [-0.05, 0) is 24.3 Å². The van der Waals surface area contributed by atoms with Crippen LogP contribution in [0.1, 0.15) is 5.56 Å². The molecule has 0 unspecified atom stereocenters. The summed E-state index contributed by atoms with van der Waals surface area (Å²) in [6.07, 6.45) is -4.44. The second-order valence-electron chi connectivity index (χ2n) is 3.55. The third-order valence-electron chi connectivity index (χ3n) is 2.17. The second kappa shape index (κ2) is 4.86. The Balaban J connectivity index is 2.32. The van der Waals surface area contributed by atoms with Crippen LogP contribution in [0, 0.1) is 0 Å². The number of anilines is 2. The molecule has 1 heterocycles. The fourth-order valence-corrected chi connectivity index (χ4v) is 1.60. The van der Waals surface area contributed by atoms with Gasteiger partial charge in [0.05, 0.1) is 5.56 Å². The highest BCUT2D eigenvalue weighted by Gasteiger charge is 2.31. The summed E-state index contributed by atoms with van der Waals surface area (Å²) in [5, 5.41) is 2.56. The number of hydrogen-bond acceptors (Lipinski definition) is 2. The number of rotatable bonds is 2. The van der Waals surface area contributed by atoms with Crippen LogP contribution in [0.3, 0.4) is 0 Å². The van der Waals surface area contributed by atoms with E-state index < -0.39 is 11.7 Å². The highest BCUT2D eigenvalue weighted by atomic mass is 35.5. The smallest absolute Gasteiger partial charge is 0.340 e. The minimum absolute atomic E-state index is 0.0565. The van der Waals surface area contributed by atoms with Gasteiger partial charge in [-0.1, -0.05) is 29.8 Å². The van der Waals surface area contributed by atoms with Crippen LogP contribution < -0.4 is 5.32 Å². The lowest BCUT2D eigenvalue weighted by Crippen LogP contribution is -2.06. The zero-order valence-electron chi connectivity index (χ0n) is 9.00. The number of hydrogen-bond donors (Lipinski definition) is 1. The van der Waals surface area contributed by atoms with Gasteiger partial charge in [0, 0.05) is 5.69 Å². The normalized spacial score (nSPS) is 11.3. The van der Waals surface area contributed by atoms with Gasteiger partial charge in [-0.25, -0.2) is 4.98 Å². The molecule has 0 atom stereocenters. The predicted molar refractivity (Wildman–Crippen MR) is 64.0 cm³/mol. The fraction of sp³-hybridized carbons (Fsp3) is 0.0833. The maximum atomic E-state index is 12.6. The summed E-state index contributed by atoms with van der Waals surface area (Å²) in [7, 11) is 0. The monoisotopic (exact) mass is 272 g/mol. The van der Waals surface area contributed by atoms with Crippen molar-refractivity contribution in [2.24, 2.45) is 0 Å². The summed E-state index contributed by atoms with van der Waals surface area (Å²) in [5.74, 6) is 0.0565. The van der Waals surface area contributed by atoms with Crippen LogP contribution in [0.5, 0.6) is 0 Å². The van der Waals surface area contributed by atoms with Gasteiger partial charge in [-0.2, -0.15) is 13.2 Å². The standard InChI is InChI=1S/C12H8ClF3N2/c13-10-6-8(12(14,15)16)7-11(18-10)17-9-4-2-1-3-5-9/h1-7H,(H,17,18). The van der Waals surface area contributed by atoms with Crippen molar-refractivity contribution in [3.05, 3.63) is 53.2 Å². The average molecular weight is 273 g/mol. The van der Waals surface area contributed by atoms with Crippen molar-refractivity contribution in [2.45, 2.75) is 6.18 Å². The third kappa shape index (κ3) is 3.13. The van der Waals surface area contributed by atoms with E-state index in [0.717, 1.165) is 12.1 Å². The molecule has 0 aliphatic carbocycles. The van der Waals surface area contributed by atoms with Crippen molar-refractivity contribution in [1.82, 2.24) is 4.98 Å². The number of para-hydroxylation sites is 1. The van der Waals surface area contributed by atoms with Crippen LogP contribution in [0.15, 0.2) is 42.5 Å². The van der Waals surface area contributed by atoms with Crippen LogP contribution in [0.4, 0.5) is 24.7 Å². The first kappa shape index (κ1) is 12.7. The quantitative estimate of drug-likeness (QED) is 0.814. The molecule has 0 aliphatic heterocycles. The van der Waals surface area contributed by atoms with E-state index in [0.29, 0.717) is 5.69 Å². The predicted octanol–water partition coefficient (Wildman–Crippen LogP) is 4.50. The minimum Gasteiger partial charge on any atom is -0.340 e. The number of nitrogens with zero attached hydrogens (tertiary/aromatic N) is 1. The SMILES string of the molecule is FC(F)(F)c1cc(Cl)nc(Nc2ccccc2)c1. The summed E-state index contributed by atoms with van der Waals surface area (Å²) in [6.45, 7) is 0. The topological polar surface area (TPSA) is 24.9 Å². The van der Waals surface area contributed by atoms with Gasteiger partial charge in [-0.3, -0.25) is 0 Å². The van der Waals surface area contributed by atoms with Gasteiger partial charge in [0.2, 0.25) is 0 Å². The Hall–Kier alpha value is -1.75. The number of pyridine rings is 1. The maximum absolute atomic E-state index is 12.6. The first-order valence-electron chi connectivity index (χ1n) is 5.02. The third-order valence-corrected chi connectivity index (χ3v) is 2.36. The number of nitrogens with one attached hydrogen (secondary N) is 1. The zero-order chi connectivity index (χ0) is 13.2. The van der Waals surface area contributed by atoms with Crippen molar-refractivity contribution >= 4 is 23.1 Å². The molecule has 1 N–H and O–H groups in total. The molecule has 0 radical (unpaired) electrons.